The smallest absolute Gasteiger partial charge is 0.164 e. The molecule has 1 aliphatic rings. The van der Waals surface area contributed by atoms with Crippen LogP contribution in [0.15, 0.2) is 24.3 Å². The Kier molecular flexibility index (Phi) is 3.21. The summed E-state index contributed by atoms with van der Waals surface area (Å²) in [7, 11) is 0. The van der Waals surface area contributed by atoms with Gasteiger partial charge in [-0.1, -0.05) is 0 Å². The molecule has 5 nitrogen and oxygen atoms in total. The maximum Gasteiger partial charge on any atom is 0.164 e. The summed E-state index contributed by atoms with van der Waals surface area (Å²) in [4.78, 5) is 0. The summed E-state index contributed by atoms with van der Waals surface area (Å²) in [5.41, 5.74) is 1.08. The molecule has 0 saturated carbocycles. The van der Waals surface area contributed by atoms with Crippen LogP contribution in [0.1, 0.15) is 25.7 Å². The third kappa shape index (κ3) is 2.21. The van der Waals surface area contributed by atoms with Gasteiger partial charge in [0.25, 0.3) is 0 Å². The lowest BCUT2D eigenvalue weighted by Crippen LogP contribution is -2.32. The fourth-order valence-electron chi connectivity index (χ4n) is 2.42. The lowest BCUT2D eigenvalue weighted by molar-refractivity contribution is 0.340. The Labute approximate surface area is 112 Å². The summed E-state index contributed by atoms with van der Waals surface area (Å²) in [5, 5.41) is 12.0. The van der Waals surface area contributed by atoms with Gasteiger partial charge < -0.3 is 14.6 Å². The van der Waals surface area contributed by atoms with E-state index in [1.807, 2.05) is 31.2 Å². The van der Waals surface area contributed by atoms with E-state index in [2.05, 4.69) is 27.0 Å². The minimum atomic E-state index is 0.262. The predicted molar refractivity (Wildman–Crippen MR) is 73.0 cm³/mol. The summed E-state index contributed by atoms with van der Waals surface area (Å²) >= 11 is 0. The summed E-state index contributed by atoms with van der Waals surface area (Å²) in [6.45, 7) is 6.65. The number of ether oxygens (including phenoxy) is 1. The number of hydrogen-bond donors (Lipinski definition) is 1. The molecule has 2 aromatic rings. The number of aromatic nitrogens is 3. The van der Waals surface area contributed by atoms with E-state index in [-0.39, 0.29) is 6.04 Å². The molecule has 0 aliphatic carbocycles. The fraction of sp³-hybridized carbons (Fsp3) is 0.429. The third-order valence-corrected chi connectivity index (χ3v) is 3.38. The Hall–Kier alpha value is -1.88. The Morgan fingerprint density at radius 1 is 1.32 bits per heavy atom. The van der Waals surface area contributed by atoms with Gasteiger partial charge in [0.15, 0.2) is 5.82 Å². The highest BCUT2D eigenvalue weighted by Crippen LogP contribution is 2.25. The standard InChI is InChI=1S/C14H18N4O/c1-3-19-12-6-4-11(5-7-12)14-17-16-13-10(2)15-8-9-18(13)14/h4-7,10,15H,3,8-9H2,1-2H3. The maximum absolute atomic E-state index is 5.46. The van der Waals surface area contributed by atoms with Gasteiger partial charge in [0.1, 0.15) is 11.6 Å². The van der Waals surface area contributed by atoms with Gasteiger partial charge in [0.2, 0.25) is 0 Å². The first kappa shape index (κ1) is 12.2. The first-order valence-electron chi connectivity index (χ1n) is 6.69. The zero-order chi connectivity index (χ0) is 13.2. The molecule has 1 unspecified atom stereocenters. The number of benzene rings is 1. The fourth-order valence-corrected chi connectivity index (χ4v) is 2.42. The van der Waals surface area contributed by atoms with Crippen molar-refractivity contribution < 1.29 is 4.74 Å². The normalized spacial score (nSPS) is 18.1. The molecule has 2 heterocycles. The van der Waals surface area contributed by atoms with E-state index in [0.29, 0.717) is 6.61 Å². The van der Waals surface area contributed by atoms with Crippen molar-refractivity contribution in [3.63, 3.8) is 0 Å². The van der Waals surface area contributed by atoms with E-state index in [9.17, 15) is 0 Å². The van der Waals surface area contributed by atoms with Crippen LogP contribution in [0.4, 0.5) is 0 Å². The van der Waals surface area contributed by atoms with Crippen molar-refractivity contribution >= 4 is 0 Å². The zero-order valence-electron chi connectivity index (χ0n) is 11.3. The lowest BCUT2D eigenvalue weighted by atomic mass is 10.2. The van der Waals surface area contributed by atoms with Gasteiger partial charge in [-0.3, -0.25) is 0 Å². The maximum atomic E-state index is 5.46. The summed E-state index contributed by atoms with van der Waals surface area (Å²) in [5.74, 6) is 2.83. The van der Waals surface area contributed by atoms with Gasteiger partial charge in [-0.15, -0.1) is 10.2 Å². The number of nitrogens with one attached hydrogen (secondary N) is 1. The van der Waals surface area contributed by atoms with Gasteiger partial charge in [0.05, 0.1) is 12.6 Å². The Morgan fingerprint density at radius 2 is 2.11 bits per heavy atom. The first-order valence-corrected chi connectivity index (χ1v) is 6.69. The second-order valence-electron chi connectivity index (χ2n) is 4.67. The molecule has 1 atom stereocenters. The molecule has 3 rings (SSSR count). The van der Waals surface area contributed by atoms with Crippen LogP contribution in [0, 0.1) is 0 Å². The molecular weight excluding hydrogens is 240 g/mol. The molecule has 0 spiro atoms. The molecule has 0 saturated heterocycles. The molecule has 0 bridgehead atoms. The SMILES string of the molecule is CCOc1ccc(-c2nnc3n2CCNC3C)cc1. The van der Waals surface area contributed by atoms with Crippen LogP contribution in [0.5, 0.6) is 5.75 Å². The second-order valence-corrected chi connectivity index (χ2v) is 4.67. The molecule has 1 aromatic heterocycles. The molecule has 0 fully saturated rings. The largest absolute Gasteiger partial charge is 0.494 e. The van der Waals surface area contributed by atoms with Crippen LogP contribution >= 0.6 is 0 Å². The van der Waals surface area contributed by atoms with E-state index in [0.717, 1.165) is 36.1 Å². The van der Waals surface area contributed by atoms with Crippen LogP contribution in [-0.4, -0.2) is 27.9 Å². The molecule has 0 amide bonds. The minimum Gasteiger partial charge on any atom is -0.494 e. The van der Waals surface area contributed by atoms with Crippen molar-refractivity contribution in [2.45, 2.75) is 26.4 Å². The second kappa shape index (κ2) is 5.01. The number of nitrogens with zero attached hydrogens (tertiary/aromatic N) is 3. The molecule has 19 heavy (non-hydrogen) atoms. The number of fused-ring (bicyclic) bond motifs is 1. The van der Waals surface area contributed by atoms with Gasteiger partial charge in [0, 0.05) is 18.7 Å². The quantitative estimate of drug-likeness (QED) is 0.915. The minimum absolute atomic E-state index is 0.262. The van der Waals surface area contributed by atoms with Gasteiger partial charge in [-0.05, 0) is 38.1 Å². The van der Waals surface area contributed by atoms with E-state index in [1.54, 1.807) is 0 Å². The summed E-state index contributed by atoms with van der Waals surface area (Å²) in [6.07, 6.45) is 0. The monoisotopic (exact) mass is 258 g/mol. The Bertz CT molecular complexity index is 561. The van der Waals surface area contributed by atoms with Crippen molar-refractivity contribution in [1.82, 2.24) is 20.1 Å². The third-order valence-electron chi connectivity index (χ3n) is 3.38. The molecule has 100 valence electrons. The van der Waals surface area contributed by atoms with E-state index >= 15 is 0 Å². The van der Waals surface area contributed by atoms with Crippen LogP contribution in [0.3, 0.4) is 0 Å². The van der Waals surface area contributed by atoms with Crippen LogP contribution in [-0.2, 0) is 6.54 Å². The number of rotatable bonds is 3. The predicted octanol–water partition coefficient (Wildman–Crippen LogP) is 2.01. The molecule has 1 N–H and O–H groups in total. The number of hydrogen-bond acceptors (Lipinski definition) is 4. The highest BCUT2D eigenvalue weighted by atomic mass is 16.5. The highest BCUT2D eigenvalue weighted by Gasteiger charge is 2.21. The van der Waals surface area contributed by atoms with Crippen molar-refractivity contribution in [3.05, 3.63) is 30.1 Å². The van der Waals surface area contributed by atoms with E-state index < -0.39 is 0 Å². The average Bonchev–Trinajstić information content (AvgIpc) is 2.85. The van der Waals surface area contributed by atoms with Crippen molar-refractivity contribution in [2.75, 3.05) is 13.2 Å². The molecule has 0 radical (unpaired) electrons. The average molecular weight is 258 g/mol. The topological polar surface area (TPSA) is 52.0 Å². The highest BCUT2D eigenvalue weighted by molar-refractivity contribution is 5.57. The van der Waals surface area contributed by atoms with E-state index in [4.69, 9.17) is 4.74 Å². The zero-order valence-corrected chi connectivity index (χ0v) is 11.3. The van der Waals surface area contributed by atoms with Crippen LogP contribution < -0.4 is 10.1 Å². The van der Waals surface area contributed by atoms with E-state index in [1.165, 1.54) is 0 Å². The van der Waals surface area contributed by atoms with Gasteiger partial charge in [-0.2, -0.15) is 0 Å². The molecular formula is C14H18N4O. The Balaban J connectivity index is 1.94. The summed E-state index contributed by atoms with van der Waals surface area (Å²) < 4.78 is 7.65. The molecule has 1 aromatic carbocycles. The van der Waals surface area contributed by atoms with Crippen molar-refractivity contribution in [2.24, 2.45) is 0 Å². The molecule has 5 heteroatoms. The molecule has 1 aliphatic heterocycles. The van der Waals surface area contributed by atoms with Gasteiger partial charge >= 0.3 is 0 Å². The van der Waals surface area contributed by atoms with Crippen LogP contribution in [0.2, 0.25) is 0 Å². The van der Waals surface area contributed by atoms with Gasteiger partial charge in [-0.25, -0.2) is 0 Å². The Morgan fingerprint density at radius 3 is 2.84 bits per heavy atom. The summed E-state index contributed by atoms with van der Waals surface area (Å²) in [6, 6.07) is 8.29. The first-order chi connectivity index (χ1) is 9.29. The van der Waals surface area contributed by atoms with Crippen LogP contribution in [0.25, 0.3) is 11.4 Å². The lowest BCUT2D eigenvalue weighted by Gasteiger charge is -2.21. The van der Waals surface area contributed by atoms with Crippen molar-refractivity contribution in [3.8, 4) is 17.1 Å². The van der Waals surface area contributed by atoms with Crippen molar-refractivity contribution in [1.29, 1.82) is 0 Å².